The lowest BCUT2D eigenvalue weighted by molar-refractivity contribution is 0.0526. The minimum absolute atomic E-state index is 0.178. The number of aromatic hydroxyl groups is 1. The third-order valence-electron chi connectivity index (χ3n) is 6.20. The number of ether oxygens (including phenoxy) is 2. The Hall–Kier alpha value is -3.75. The summed E-state index contributed by atoms with van der Waals surface area (Å²) in [6.45, 7) is 11.0. The first-order valence-corrected chi connectivity index (χ1v) is 12.5. The smallest absolute Gasteiger partial charge is 0.338 e. The number of phenolic OH excluding ortho intramolecular Hbond substituents is 1. The van der Waals surface area contributed by atoms with Crippen molar-refractivity contribution in [1.82, 2.24) is 15.1 Å². The van der Waals surface area contributed by atoms with E-state index < -0.39 is 0 Å². The number of methoxy groups -OCH3 is 1. The molecule has 0 aromatic heterocycles. The van der Waals surface area contributed by atoms with Gasteiger partial charge in [0.25, 0.3) is 0 Å². The third-order valence-corrected chi connectivity index (χ3v) is 6.20. The van der Waals surface area contributed by atoms with Crippen LogP contribution in [0.4, 0.5) is 0 Å². The Morgan fingerprint density at radius 3 is 2.46 bits per heavy atom. The molecule has 0 amide bonds. The van der Waals surface area contributed by atoms with Crippen molar-refractivity contribution in [2.24, 2.45) is 5.73 Å². The molecule has 0 aliphatic carbocycles. The monoisotopic (exact) mass is 506 g/mol. The number of piperazine rings is 1. The van der Waals surface area contributed by atoms with Gasteiger partial charge in [0, 0.05) is 51.4 Å². The van der Waals surface area contributed by atoms with Crippen LogP contribution in [0.25, 0.3) is 0 Å². The molecule has 1 fully saturated rings. The molecule has 4 N–H and O–H groups in total. The molecule has 8 heteroatoms. The molecule has 198 valence electrons. The van der Waals surface area contributed by atoms with E-state index in [0.717, 1.165) is 48.7 Å². The Bertz CT molecular complexity index is 1100. The number of rotatable bonds is 12. The van der Waals surface area contributed by atoms with Gasteiger partial charge in [-0.2, -0.15) is 0 Å². The van der Waals surface area contributed by atoms with Gasteiger partial charge in [0.1, 0.15) is 0 Å². The summed E-state index contributed by atoms with van der Waals surface area (Å²) in [6.07, 6.45) is 7.34. The minimum Gasteiger partial charge on any atom is -0.504 e. The van der Waals surface area contributed by atoms with E-state index in [-0.39, 0.29) is 11.7 Å². The van der Waals surface area contributed by atoms with Crippen LogP contribution in [-0.4, -0.2) is 60.8 Å². The first-order valence-electron chi connectivity index (χ1n) is 12.5. The first-order chi connectivity index (χ1) is 17.9. The van der Waals surface area contributed by atoms with Crippen molar-refractivity contribution in [1.29, 1.82) is 0 Å². The highest BCUT2D eigenvalue weighted by atomic mass is 16.5. The number of benzene rings is 2. The standard InChI is InChI=1S/C29H38N4O4/c1-4-6-7-8-27(30)33-15-13-32(14-16-33)21-25-17-23(18-26(36-3)28(25)34)20-31-19-22-9-11-24(12-10-22)29(35)37-5-2/h4,6-12,17-18,31,34H,1,5,13-16,19-21,30H2,2-3H3/b7-6-,27-8+. The predicted molar refractivity (Wildman–Crippen MR) is 146 cm³/mol. The molecule has 0 spiro atoms. The van der Waals surface area contributed by atoms with Crippen molar-refractivity contribution < 1.29 is 19.4 Å². The van der Waals surface area contributed by atoms with Crippen LogP contribution in [0.3, 0.4) is 0 Å². The van der Waals surface area contributed by atoms with Gasteiger partial charge in [0.2, 0.25) is 0 Å². The van der Waals surface area contributed by atoms with Gasteiger partial charge in [-0.05, 0) is 48.4 Å². The highest BCUT2D eigenvalue weighted by molar-refractivity contribution is 5.89. The fourth-order valence-electron chi connectivity index (χ4n) is 4.17. The van der Waals surface area contributed by atoms with Crippen LogP contribution in [-0.2, 0) is 24.4 Å². The van der Waals surface area contributed by atoms with E-state index in [1.807, 2.05) is 42.5 Å². The van der Waals surface area contributed by atoms with Crippen molar-refractivity contribution in [3.63, 3.8) is 0 Å². The molecular formula is C29H38N4O4. The number of hydrogen-bond acceptors (Lipinski definition) is 8. The number of nitrogens with one attached hydrogen (secondary N) is 1. The van der Waals surface area contributed by atoms with Crippen molar-refractivity contribution in [3.8, 4) is 11.5 Å². The maximum absolute atomic E-state index is 11.8. The summed E-state index contributed by atoms with van der Waals surface area (Å²) in [7, 11) is 1.57. The molecule has 0 saturated carbocycles. The lowest BCUT2D eigenvalue weighted by Crippen LogP contribution is -2.46. The summed E-state index contributed by atoms with van der Waals surface area (Å²) in [6, 6.07) is 11.3. The molecule has 0 bridgehead atoms. The van der Waals surface area contributed by atoms with Gasteiger partial charge >= 0.3 is 5.97 Å². The van der Waals surface area contributed by atoms with Crippen LogP contribution in [0.15, 0.2) is 73.1 Å². The Labute approximate surface area is 219 Å². The van der Waals surface area contributed by atoms with Crippen LogP contribution in [0, 0.1) is 0 Å². The molecule has 0 unspecified atom stereocenters. The second-order valence-corrected chi connectivity index (χ2v) is 8.80. The molecule has 8 nitrogen and oxygen atoms in total. The maximum atomic E-state index is 11.8. The highest BCUT2D eigenvalue weighted by Crippen LogP contribution is 2.32. The van der Waals surface area contributed by atoms with Crippen LogP contribution in [0.5, 0.6) is 11.5 Å². The quantitative estimate of drug-likeness (QED) is 0.297. The van der Waals surface area contributed by atoms with E-state index >= 15 is 0 Å². The first kappa shape index (κ1) is 27.8. The average Bonchev–Trinajstić information content (AvgIpc) is 2.91. The lowest BCUT2D eigenvalue weighted by Gasteiger charge is -2.36. The summed E-state index contributed by atoms with van der Waals surface area (Å²) in [5.74, 6) is 1.07. The number of hydrogen-bond donors (Lipinski definition) is 3. The van der Waals surface area contributed by atoms with E-state index in [1.165, 1.54) is 0 Å². The van der Waals surface area contributed by atoms with E-state index in [0.29, 0.717) is 37.6 Å². The summed E-state index contributed by atoms with van der Waals surface area (Å²) < 4.78 is 10.5. The Balaban J connectivity index is 1.57. The SMILES string of the molecule is C=C/C=C\C=C(/N)N1CCN(Cc2cc(CNCc3ccc(C(=O)OCC)cc3)cc(OC)c2O)CC1. The number of phenols is 1. The van der Waals surface area contributed by atoms with Crippen molar-refractivity contribution in [2.75, 3.05) is 39.9 Å². The number of carbonyl (C=O) groups excluding carboxylic acids is 1. The maximum Gasteiger partial charge on any atom is 0.338 e. The molecule has 2 aromatic rings. The van der Waals surface area contributed by atoms with Gasteiger partial charge in [-0.1, -0.05) is 36.9 Å². The van der Waals surface area contributed by atoms with Crippen molar-refractivity contribution >= 4 is 5.97 Å². The summed E-state index contributed by atoms with van der Waals surface area (Å²) >= 11 is 0. The van der Waals surface area contributed by atoms with E-state index in [2.05, 4.69) is 21.7 Å². The zero-order chi connectivity index (χ0) is 26.6. The minimum atomic E-state index is -0.312. The third kappa shape index (κ3) is 8.13. The number of allylic oxidation sites excluding steroid dienone is 4. The molecule has 1 aliphatic heterocycles. The molecule has 37 heavy (non-hydrogen) atoms. The molecule has 2 aromatic carbocycles. The number of esters is 1. The summed E-state index contributed by atoms with van der Waals surface area (Å²) in [5, 5.41) is 14.2. The van der Waals surface area contributed by atoms with Gasteiger partial charge in [0.15, 0.2) is 11.5 Å². The van der Waals surface area contributed by atoms with Crippen LogP contribution >= 0.6 is 0 Å². The zero-order valence-corrected chi connectivity index (χ0v) is 21.8. The Kier molecular flexibility index (Phi) is 10.6. The van der Waals surface area contributed by atoms with Crippen molar-refractivity contribution in [3.05, 3.63) is 95.4 Å². The van der Waals surface area contributed by atoms with E-state index in [9.17, 15) is 9.90 Å². The fraction of sp³-hybridized carbons (Fsp3) is 0.345. The number of carbonyl (C=O) groups is 1. The molecule has 0 atom stereocenters. The van der Waals surface area contributed by atoms with Gasteiger partial charge in [-0.25, -0.2) is 4.79 Å². The van der Waals surface area contributed by atoms with Crippen LogP contribution in [0.1, 0.15) is 34.0 Å². The van der Waals surface area contributed by atoms with Crippen LogP contribution < -0.4 is 15.8 Å². The molecule has 3 rings (SSSR count). The second-order valence-electron chi connectivity index (χ2n) is 8.80. The van der Waals surface area contributed by atoms with Gasteiger partial charge in [0.05, 0.1) is 25.1 Å². The van der Waals surface area contributed by atoms with Gasteiger partial charge in [-0.15, -0.1) is 0 Å². The van der Waals surface area contributed by atoms with Gasteiger partial charge < -0.3 is 30.5 Å². The lowest BCUT2D eigenvalue weighted by atomic mass is 10.1. The summed E-state index contributed by atoms with van der Waals surface area (Å²) in [4.78, 5) is 16.3. The number of nitrogens with zero attached hydrogens (tertiary/aromatic N) is 2. The molecule has 1 heterocycles. The molecule has 0 radical (unpaired) electrons. The highest BCUT2D eigenvalue weighted by Gasteiger charge is 2.20. The molecule has 1 aliphatic rings. The Morgan fingerprint density at radius 1 is 1.11 bits per heavy atom. The average molecular weight is 507 g/mol. The van der Waals surface area contributed by atoms with Crippen LogP contribution in [0.2, 0.25) is 0 Å². The van der Waals surface area contributed by atoms with E-state index in [4.69, 9.17) is 15.2 Å². The van der Waals surface area contributed by atoms with Crippen molar-refractivity contribution in [2.45, 2.75) is 26.6 Å². The normalized spacial score (nSPS) is 14.6. The topological polar surface area (TPSA) is 100 Å². The summed E-state index contributed by atoms with van der Waals surface area (Å²) in [5.41, 5.74) is 9.65. The van der Waals surface area contributed by atoms with E-state index in [1.54, 1.807) is 32.2 Å². The second kappa shape index (κ2) is 14.1. The Morgan fingerprint density at radius 2 is 1.81 bits per heavy atom. The molecule has 1 saturated heterocycles. The number of nitrogens with two attached hydrogens (primary N) is 1. The predicted octanol–water partition coefficient (Wildman–Crippen LogP) is 3.53. The largest absolute Gasteiger partial charge is 0.504 e. The van der Waals surface area contributed by atoms with Gasteiger partial charge in [-0.3, -0.25) is 4.90 Å². The zero-order valence-electron chi connectivity index (χ0n) is 21.8. The molecular weight excluding hydrogens is 468 g/mol. The fourth-order valence-corrected chi connectivity index (χ4v) is 4.17.